The van der Waals surface area contributed by atoms with Gasteiger partial charge in [-0.05, 0) is 65.7 Å². The zero-order chi connectivity index (χ0) is 29.5. The maximum atomic E-state index is 13.1. The fraction of sp³-hybridized carbons (Fsp3) is 0.462. The van der Waals surface area contributed by atoms with Crippen molar-refractivity contribution in [3.8, 4) is 17.5 Å². The Morgan fingerprint density at radius 3 is 1.95 bits per heavy atom. The number of imide groups is 1. The molecule has 0 saturated heterocycles. The largest absolute Gasteiger partial charge is 0.539 e. The van der Waals surface area contributed by atoms with Crippen LogP contribution in [0.4, 0.5) is 9.59 Å². The predicted octanol–water partition coefficient (Wildman–Crippen LogP) is 2.99. The molecule has 1 atom stereocenters. The van der Waals surface area contributed by atoms with Gasteiger partial charge in [-0.15, -0.1) is 4.73 Å². The number of nitrogens with one attached hydrogen (secondary N) is 2. The van der Waals surface area contributed by atoms with E-state index < -0.39 is 52.9 Å². The van der Waals surface area contributed by atoms with E-state index in [0.717, 1.165) is 12.1 Å². The van der Waals surface area contributed by atoms with Gasteiger partial charge in [0.25, 0.3) is 0 Å². The second-order valence-corrected chi connectivity index (χ2v) is 10.8. The summed E-state index contributed by atoms with van der Waals surface area (Å²) in [4.78, 5) is 55.3. The number of amides is 3. The van der Waals surface area contributed by atoms with Gasteiger partial charge in [0.15, 0.2) is 0 Å². The summed E-state index contributed by atoms with van der Waals surface area (Å²) in [6.07, 6.45) is -1.42. The molecule has 0 aliphatic heterocycles. The van der Waals surface area contributed by atoms with E-state index in [-0.39, 0.29) is 25.1 Å². The maximum Gasteiger partial charge on any atom is 0.539 e. The molecule has 0 aliphatic rings. The van der Waals surface area contributed by atoms with E-state index in [1.807, 2.05) is 46.4 Å². The number of hydrogen-bond donors (Lipinski definition) is 5. The van der Waals surface area contributed by atoms with Gasteiger partial charge in [-0.25, -0.2) is 9.59 Å². The molecule has 13 nitrogen and oxygen atoms in total. The smallest absolute Gasteiger partial charge is 0.492 e. The number of nitrogens with zero attached hydrogens (tertiary/aromatic N) is 2. The van der Waals surface area contributed by atoms with Crippen molar-refractivity contribution in [1.82, 2.24) is 20.3 Å². The zero-order valence-corrected chi connectivity index (χ0v) is 22.8. The molecule has 13 heteroatoms. The molecular weight excluding hydrogens is 512 g/mol. The summed E-state index contributed by atoms with van der Waals surface area (Å²) < 4.78 is 5.46. The topological polar surface area (TPSA) is 180 Å². The summed E-state index contributed by atoms with van der Waals surface area (Å²) in [5.41, 5.74) is -0.366. The van der Waals surface area contributed by atoms with Gasteiger partial charge in [-0.3, -0.25) is 24.6 Å². The van der Waals surface area contributed by atoms with E-state index in [0.29, 0.717) is 10.3 Å². The SMILES string of the molecule is CC(C)(C)N([C@@H](CCC(=O)O)C(=O)NC(=O)NCc1ccc(OC(=O)On2c(O)ccc2O)cc1)C(C)(C)C. The molecule has 0 aliphatic carbocycles. The lowest BCUT2D eigenvalue weighted by Gasteiger charge is -2.49. The third-order valence-electron chi connectivity index (χ3n) is 5.47. The van der Waals surface area contributed by atoms with Crippen molar-refractivity contribution in [2.24, 2.45) is 0 Å². The minimum Gasteiger partial charge on any atom is -0.492 e. The summed E-state index contributed by atoms with van der Waals surface area (Å²) in [5.74, 6) is -2.55. The molecule has 0 fully saturated rings. The Balaban J connectivity index is 1.97. The first kappa shape index (κ1) is 31.0. The minimum absolute atomic E-state index is 0.0243. The minimum atomic E-state index is -1.21. The number of ether oxygens (including phenoxy) is 1. The van der Waals surface area contributed by atoms with Gasteiger partial charge >= 0.3 is 18.2 Å². The fourth-order valence-corrected chi connectivity index (χ4v) is 4.36. The van der Waals surface area contributed by atoms with E-state index >= 15 is 0 Å². The van der Waals surface area contributed by atoms with Crippen molar-refractivity contribution in [2.75, 3.05) is 0 Å². The number of carboxylic acid groups (broad SMARTS) is 1. The van der Waals surface area contributed by atoms with Crippen molar-refractivity contribution in [3.05, 3.63) is 42.0 Å². The maximum absolute atomic E-state index is 13.1. The summed E-state index contributed by atoms with van der Waals surface area (Å²) in [5, 5.41) is 33.1. The number of carboxylic acids is 1. The monoisotopic (exact) mass is 548 g/mol. The quantitative estimate of drug-likeness (QED) is 0.231. The van der Waals surface area contributed by atoms with Crippen molar-refractivity contribution < 1.29 is 44.1 Å². The van der Waals surface area contributed by atoms with Crippen LogP contribution in [0.5, 0.6) is 17.5 Å². The Kier molecular flexibility index (Phi) is 9.94. The van der Waals surface area contributed by atoms with Crippen LogP contribution in [0.25, 0.3) is 0 Å². The van der Waals surface area contributed by atoms with Crippen molar-refractivity contribution in [1.29, 1.82) is 0 Å². The van der Waals surface area contributed by atoms with Crippen LogP contribution in [-0.2, 0) is 16.1 Å². The average molecular weight is 549 g/mol. The lowest BCUT2D eigenvalue weighted by Crippen LogP contribution is -2.62. The molecule has 1 aromatic carbocycles. The molecule has 0 bridgehead atoms. The highest BCUT2D eigenvalue weighted by Crippen LogP contribution is 2.29. The van der Waals surface area contributed by atoms with Crippen LogP contribution in [0.2, 0.25) is 0 Å². The van der Waals surface area contributed by atoms with Gasteiger partial charge in [0.05, 0.1) is 6.04 Å². The zero-order valence-electron chi connectivity index (χ0n) is 22.8. The van der Waals surface area contributed by atoms with Gasteiger partial charge in [-0.1, -0.05) is 12.1 Å². The number of hydrogen-bond acceptors (Lipinski definition) is 9. The number of aliphatic carboxylic acids is 1. The summed E-state index contributed by atoms with van der Waals surface area (Å²) in [7, 11) is 0. The van der Waals surface area contributed by atoms with Crippen LogP contribution < -0.4 is 20.2 Å². The van der Waals surface area contributed by atoms with E-state index in [9.17, 15) is 34.5 Å². The van der Waals surface area contributed by atoms with E-state index in [1.165, 1.54) is 12.1 Å². The lowest BCUT2D eigenvalue weighted by atomic mass is 9.91. The number of aromatic nitrogens is 1. The van der Waals surface area contributed by atoms with Gasteiger partial charge in [-0.2, -0.15) is 0 Å². The Morgan fingerprint density at radius 2 is 1.46 bits per heavy atom. The first-order valence-corrected chi connectivity index (χ1v) is 12.2. The number of carbonyl (C=O) groups is 4. The van der Waals surface area contributed by atoms with E-state index in [2.05, 4.69) is 10.6 Å². The highest BCUT2D eigenvalue weighted by atomic mass is 16.8. The van der Waals surface area contributed by atoms with Crippen LogP contribution in [0.15, 0.2) is 36.4 Å². The Morgan fingerprint density at radius 1 is 0.923 bits per heavy atom. The number of benzene rings is 1. The summed E-state index contributed by atoms with van der Waals surface area (Å²) >= 11 is 0. The molecule has 1 aromatic heterocycles. The van der Waals surface area contributed by atoms with Crippen LogP contribution in [0.1, 0.15) is 59.9 Å². The predicted molar refractivity (Wildman–Crippen MR) is 139 cm³/mol. The second-order valence-electron chi connectivity index (χ2n) is 10.8. The first-order chi connectivity index (χ1) is 18.0. The van der Waals surface area contributed by atoms with E-state index in [1.54, 1.807) is 12.1 Å². The lowest BCUT2D eigenvalue weighted by molar-refractivity contribution is -0.139. The summed E-state index contributed by atoms with van der Waals surface area (Å²) in [6.45, 7) is 11.5. The molecule has 2 aromatic rings. The van der Waals surface area contributed by atoms with Crippen LogP contribution in [0.3, 0.4) is 0 Å². The van der Waals surface area contributed by atoms with Crippen LogP contribution >= 0.6 is 0 Å². The third kappa shape index (κ3) is 9.21. The Bertz CT molecular complexity index is 1140. The average Bonchev–Trinajstić information content (AvgIpc) is 3.11. The third-order valence-corrected chi connectivity index (χ3v) is 5.47. The highest BCUT2D eigenvalue weighted by molar-refractivity contribution is 5.97. The second kappa shape index (κ2) is 12.5. The Hall–Kier alpha value is -4.26. The molecule has 214 valence electrons. The molecule has 3 amide bonds. The number of aromatic hydroxyl groups is 2. The van der Waals surface area contributed by atoms with Crippen LogP contribution in [-0.4, -0.2) is 66.1 Å². The number of carbonyl (C=O) groups excluding carboxylic acids is 3. The molecule has 2 rings (SSSR count). The summed E-state index contributed by atoms with van der Waals surface area (Å²) in [6, 6.07) is 6.62. The van der Waals surface area contributed by atoms with Crippen molar-refractivity contribution in [2.45, 2.75) is 78.0 Å². The molecule has 1 heterocycles. The molecule has 0 spiro atoms. The highest BCUT2D eigenvalue weighted by Gasteiger charge is 2.41. The molecule has 39 heavy (non-hydrogen) atoms. The first-order valence-electron chi connectivity index (χ1n) is 12.2. The van der Waals surface area contributed by atoms with Gasteiger partial charge in [0.2, 0.25) is 17.7 Å². The molecule has 0 unspecified atom stereocenters. The van der Waals surface area contributed by atoms with Gasteiger partial charge < -0.3 is 25.4 Å². The number of urea groups is 1. The number of rotatable bonds is 9. The van der Waals surface area contributed by atoms with Gasteiger partial charge in [0.1, 0.15) is 5.75 Å². The standard InChI is InChI=1S/C26H36N4O9/c1-25(2,3)30(26(4,5)6)18(11-14-21(33)34)22(35)28-23(36)27-15-16-7-9-17(10-8-16)38-24(37)39-29-19(31)12-13-20(29)32/h7-10,12-13,18,31-32H,11,14-15H2,1-6H3,(H,33,34)(H2,27,28,35,36)/t18-/m0/s1. The molecule has 0 saturated carbocycles. The fourth-order valence-electron chi connectivity index (χ4n) is 4.36. The Labute approximate surface area is 226 Å². The molecule has 0 radical (unpaired) electrons. The normalized spacial score (nSPS) is 12.5. The molecular formula is C26H36N4O9. The van der Waals surface area contributed by atoms with Crippen molar-refractivity contribution >= 4 is 24.1 Å². The van der Waals surface area contributed by atoms with Gasteiger partial charge in [0, 0.05) is 36.2 Å². The van der Waals surface area contributed by atoms with Crippen LogP contribution in [0, 0.1) is 0 Å². The van der Waals surface area contributed by atoms with Crippen molar-refractivity contribution in [3.63, 3.8) is 0 Å². The van der Waals surface area contributed by atoms with E-state index in [4.69, 9.17) is 9.57 Å². The molecule has 5 N–H and O–H groups in total.